The van der Waals surface area contributed by atoms with Crippen LogP contribution in [-0.4, -0.2) is 62.1 Å². The van der Waals surface area contributed by atoms with Crippen LogP contribution in [0.4, 0.5) is 13.2 Å². The maximum atomic E-state index is 12.6. The number of carbonyl (C=O) groups is 3. The van der Waals surface area contributed by atoms with E-state index in [2.05, 4.69) is 10.3 Å². The number of alkyl halides is 3. The summed E-state index contributed by atoms with van der Waals surface area (Å²) in [6.07, 6.45) is 2.67. The van der Waals surface area contributed by atoms with Gasteiger partial charge in [-0.05, 0) is 43.0 Å². The van der Waals surface area contributed by atoms with E-state index in [1.54, 1.807) is 12.4 Å². The van der Waals surface area contributed by atoms with Gasteiger partial charge < -0.3 is 19.9 Å². The van der Waals surface area contributed by atoms with Gasteiger partial charge >= 0.3 is 12.1 Å². The fourth-order valence-corrected chi connectivity index (χ4v) is 4.05. The van der Waals surface area contributed by atoms with Gasteiger partial charge in [0.15, 0.2) is 0 Å². The molecular formula is C21H23F3N4O4. The van der Waals surface area contributed by atoms with Crippen LogP contribution < -0.4 is 5.32 Å². The molecule has 0 aliphatic carbocycles. The monoisotopic (exact) mass is 452 g/mol. The predicted octanol–water partition coefficient (Wildman–Crippen LogP) is 2.33. The first-order chi connectivity index (χ1) is 15.0. The summed E-state index contributed by atoms with van der Waals surface area (Å²) in [5, 5.41) is 10.3. The summed E-state index contributed by atoms with van der Waals surface area (Å²) in [6.45, 7) is 1.34. The lowest BCUT2D eigenvalue weighted by Gasteiger charge is -2.39. The molecule has 0 aromatic carbocycles. The number of piperidine rings is 1. The second-order valence-corrected chi connectivity index (χ2v) is 7.91. The number of nitrogens with one attached hydrogen (secondary N) is 1. The molecule has 2 aliphatic heterocycles. The molecule has 0 saturated carbocycles. The van der Waals surface area contributed by atoms with Crippen molar-refractivity contribution >= 4 is 17.8 Å². The van der Waals surface area contributed by atoms with Crippen molar-refractivity contribution in [3.8, 4) is 0 Å². The van der Waals surface area contributed by atoms with Crippen LogP contribution in [0.1, 0.15) is 41.2 Å². The molecule has 2 amide bonds. The quantitative estimate of drug-likeness (QED) is 0.728. The van der Waals surface area contributed by atoms with Crippen molar-refractivity contribution in [3.63, 3.8) is 0 Å². The fourth-order valence-electron chi connectivity index (χ4n) is 4.05. The molecule has 172 valence electrons. The summed E-state index contributed by atoms with van der Waals surface area (Å²) in [7, 11) is 1.88. The second-order valence-electron chi connectivity index (χ2n) is 7.91. The van der Waals surface area contributed by atoms with E-state index in [0.29, 0.717) is 18.8 Å². The molecule has 11 heteroatoms. The minimum Gasteiger partial charge on any atom is -0.475 e. The Morgan fingerprint density at radius 1 is 1.22 bits per heavy atom. The molecule has 2 saturated heterocycles. The van der Waals surface area contributed by atoms with Crippen molar-refractivity contribution in [2.45, 2.75) is 36.9 Å². The first-order valence-electron chi connectivity index (χ1n) is 9.95. The number of aromatic nitrogens is 2. The maximum Gasteiger partial charge on any atom is 0.490 e. The van der Waals surface area contributed by atoms with E-state index >= 15 is 0 Å². The van der Waals surface area contributed by atoms with E-state index in [1.807, 2.05) is 47.0 Å². The Morgan fingerprint density at radius 3 is 2.38 bits per heavy atom. The minimum absolute atomic E-state index is 0.0653. The van der Waals surface area contributed by atoms with Gasteiger partial charge in [-0.2, -0.15) is 13.2 Å². The van der Waals surface area contributed by atoms with Gasteiger partial charge in [0.1, 0.15) is 5.69 Å². The van der Waals surface area contributed by atoms with Gasteiger partial charge in [-0.25, -0.2) is 4.79 Å². The Hall–Kier alpha value is -3.37. The zero-order valence-corrected chi connectivity index (χ0v) is 17.3. The standard InChI is InChI=1S/C19H22N4O2.C2HF3O2/c1-22-9-3-5-16(22)18(25)23-10-6-19(7-11-23)12-15(17(24)21-19)14-4-2-8-20-13-14;3-2(4,5)1(6)7/h2-5,8-9,13,15H,6-7,10-12H2,1H3,(H,21,24);(H,6,7). The molecule has 4 rings (SSSR count). The second kappa shape index (κ2) is 9.01. The molecule has 1 unspecified atom stereocenters. The number of amides is 2. The van der Waals surface area contributed by atoms with Crippen LogP contribution in [0.3, 0.4) is 0 Å². The maximum absolute atomic E-state index is 12.6. The molecule has 1 spiro atoms. The third kappa shape index (κ3) is 5.09. The van der Waals surface area contributed by atoms with Gasteiger partial charge in [0.05, 0.1) is 5.92 Å². The molecule has 4 heterocycles. The van der Waals surface area contributed by atoms with Crippen LogP contribution >= 0.6 is 0 Å². The average Bonchev–Trinajstić information content (AvgIpc) is 3.31. The number of nitrogens with zero attached hydrogens (tertiary/aromatic N) is 3. The van der Waals surface area contributed by atoms with E-state index in [1.165, 1.54) is 0 Å². The number of carbonyl (C=O) groups excluding carboxylic acids is 2. The number of aliphatic carboxylic acids is 1. The van der Waals surface area contributed by atoms with Crippen molar-refractivity contribution in [3.05, 3.63) is 54.1 Å². The van der Waals surface area contributed by atoms with Gasteiger partial charge in [-0.15, -0.1) is 0 Å². The number of hydrogen-bond acceptors (Lipinski definition) is 4. The number of rotatable bonds is 2. The molecule has 2 aromatic heterocycles. The summed E-state index contributed by atoms with van der Waals surface area (Å²) in [5.41, 5.74) is 1.49. The summed E-state index contributed by atoms with van der Waals surface area (Å²) in [4.78, 5) is 40.0. The smallest absolute Gasteiger partial charge is 0.475 e. The molecule has 0 radical (unpaired) electrons. The summed E-state index contributed by atoms with van der Waals surface area (Å²) >= 11 is 0. The number of carboxylic acids is 1. The molecule has 2 fully saturated rings. The first kappa shape index (κ1) is 23.3. The normalized spacial score (nSPS) is 19.8. The number of hydrogen-bond donors (Lipinski definition) is 2. The lowest BCUT2D eigenvalue weighted by Crippen LogP contribution is -2.52. The average molecular weight is 452 g/mol. The largest absolute Gasteiger partial charge is 0.490 e. The Balaban J connectivity index is 0.000000360. The molecular weight excluding hydrogens is 429 g/mol. The molecule has 2 aliphatic rings. The van der Waals surface area contributed by atoms with E-state index < -0.39 is 12.1 Å². The highest BCUT2D eigenvalue weighted by Crippen LogP contribution is 2.39. The minimum atomic E-state index is -5.08. The van der Waals surface area contributed by atoms with Crippen LogP contribution in [0, 0.1) is 0 Å². The Kier molecular flexibility index (Phi) is 6.56. The molecule has 1 atom stereocenters. The highest BCUT2D eigenvalue weighted by Gasteiger charge is 2.46. The van der Waals surface area contributed by atoms with Crippen LogP contribution in [0.2, 0.25) is 0 Å². The van der Waals surface area contributed by atoms with Gasteiger partial charge in [0, 0.05) is 44.3 Å². The van der Waals surface area contributed by atoms with Crippen LogP contribution in [0.15, 0.2) is 42.9 Å². The zero-order valence-electron chi connectivity index (χ0n) is 17.3. The Bertz CT molecular complexity index is 982. The highest BCUT2D eigenvalue weighted by atomic mass is 19.4. The molecule has 8 nitrogen and oxygen atoms in total. The van der Waals surface area contributed by atoms with Gasteiger partial charge in [0.2, 0.25) is 5.91 Å². The van der Waals surface area contributed by atoms with Gasteiger partial charge in [-0.1, -0.05) is 6.07 Å². The number of pyridine rings is 1. The Morgan fingerprint density at radius 2 is 1.88 bits per heavy atom. The lowest BCUT2D eigenvalue weighted by atomic mass is 9.82. The first-order valence-corrected chi connectivity index (χ1v) is 9.95. The summed E-state index contributed by atoms with van der Waals surface area (Å²) in [5.74, 6) is -2.75. The lowest BCUT2D eigenvalue weighted by molar-refractivity contribution is -0.192. The molecule has 2 aromatic rings. The number of carboxylic acid groups (broad SMARTS) is 1. The van der Waals surface area contributed by atoms with E-state index in [-0.39, 0.29) is 23.3 Å². The van der Waals surface area contributed by atoms with Crippen LogP contribution in [-0.2, 0) is 16.6 Å². The topological polar surface area (TPSA) is 105 Å². The third-order valence-electron chi connectivity index (χ3n) is 5.80. The predicted molar refractivity (Wildman–Crippen MR) is 107 cm³/mol. The number of aryl methyl sites for hydroxylation is 1. The van der Waals surface area contributed by atoms with Crippen molar-refractivity contribution in [1.29, 1.82) is 0 Å². The Labute approximate surface area is 182 Å². The van der Waals surface area contributed by atoms with Crippen molar-refractivity contribution in [1.82, 2.24) is 19.8 Å². The van der Waals surface area contributed by atoms with Crippen molar-refractivity contribution in [2.24, 2.45) is 7.05 Å². The summed E-state index contributed by atoms with van der Waals surface area (Å²) in [6, 6.07) is 7.57. The highest BCUT2D eigenvalue weighted by molar-refractivity contribution is 5.93. The van der Waals surface area contributed by atoms with E-state index in [0.717, 1.165) is 24.8 Å². The summed E-state index contributed by atoms with van der Waals surface area (Å²) < 4.78 is 33.6. The van der Waals surface area contributed by atoms with Crippen molar-refractivity contribution < 1.29 is 32.7 Å². The van der Waals surface area contributed by atoms with Gasteiger partial charge in [0.25, 0.3) is 5.91 Å². The SMILES string of the molecule is Cn1cccc1C(=O)N1CCC2(CC1)CC(c1cccnc1)C(=O)N2.O=C(O)C(F)(F)F. The van der Waals surface area contributed by atoms with Crippen LogP contribution in [0.25, 0.3) is 0 Å². The van der Waals surface area contributed by atoms with Crippen LogP contribution in [0.5, 0.6) is 0 Å². The van der Waals surface area contributed by atoms with E-state index in [4.69, 9.17) is 9.90 Å². The number of halogens is 3. The van der Waals surface area contributed by atoms with Crippen molar-refractivity contribution in [2.75, 3.05) is 13.1 Å². The number of likely N-dealkylation sites (tertiary alicyclic amines) is 1. The fraction of sp³-hybridized carbons (Fsp3) is 0.429. The molecule has 2 N–H and O–H groups in total. The molecule has 0 bridgehead atoms. The van der Waals surface area contributed by atoms with E-state index in [9.17, 15) is 22.8 Å². The zero-order chi connectivity index (χ0) is 23.5. The molecule has 32 heavy (non-hydrogen) atoms. The third-order valence-corrected chi connectivity index (χ3v) is 5.80. The van der Waals surface area contributed by atoms with Gasteiger partial charge in [-0.3, -0.25) is 14.6 Å².